The molecule has 3 heterocycles. The fraction of sp³-hybridized carbons (Fsp3) is 0.300. The van der Waals surface area contributed by atoms with Gasteiger partial charge < -0.3 is 14.6 Å². The molecule has 0 saturated carbocycles. The summed E-state index contributed by atoms with van der Waals surface area (Å²) in [6.45, 7) is 2.71. The van der Waals surface area contributed by atoms with Crippen LogP contribution in [0.4, 0.5) is 0 Å². The molecular formula is C20H20N4O3. The lowest BCUT2D eigenvalue weighted by Crippen LogP contribution is -2.47. The van der Waals surface area contributed by atoms with E-state index in [0.717, 1.165) is 23.7 Å². The van der Waals surface area contributed by atoms with Gasteiger partial charge in [0.2, 0.25) is 0 Å². The zero-order valence-electron chi connectivity index (χ0n) is 15.0. The van der Waals surface area contributed by atoms with E-state index in [1.54, 1.807) is 23.4 Å². The highest BCUT2D eigenvalue weighted by Crippen LogP contribution is 2.24. The molecule has 27 heavy (non-hydrogen) atoms. The zero-order chi connectivity index (χ0) is 18.8. The van der Waals surface area contributed by atoms with Crippen molar-refractivity contribution in [1.82, 2.24) is 19.9 Å². The molecule has 2 aromatic heterocycles. The number of aryl methyl sites for hydroxylation is 1. The number of hydrogen-bond acceptors (Lipinski definition) is 5. The van der Waals surface area contributed by atoms with Crippen LogP contribution in [0.2, 0.25) is 0 Å². The first-order valence-electron chi connectivity index (χ1n) is 8.98. The number of rotatable bonds is 4. The zero-order valence-corrected chi connectivity index (χ0v) is 15.0. The number of nitrogens with zero attached hydrogens (tertiary/aromatic N) is 3. The van der Waals surface area contributed by atoms with Crippen molar-refractivity contribution in [2.24, 2.45) is 0 Å². The van der Waals surface area contributed by atoms with Crippen LogP contribution in [0.3, 0.4) is 0 Å². The highest BCUT2D eigenvalue weighted by molar-refractivity contribution is 6.45. The van der Waals surface area contributed by atoms with Gasteiger partial charge in [0, 0.05) is 35.5 Å². The maximum absolute atomic E-state index is 12.9. The largest absolute Gasteiger partial charge is 0.458 e. The average Bonchev–Trinajstić information content (AvgIpc) is 3.03. The maximum atomic E-state index is 12.9. The van der Waals surface area contributed by atoms with Crippen molar-refractivity contribution < 1.29 is 14.3 Å². The molecule has 1 aromatic carbocycles. The van der Waals surface area contributed by atoms with E-state index in [2.05, 4.69) is 15.0 Å². The van der Waals surface area contributed by atoms with Crippen molar-refractivity contribution in [3.05, 3.63) is 54.0 Å². The highest BCUT2D eigenvalue weighted by atomic mass is 16.5. The third-order valence-corrected chi connectivity index (χ3v) is 4.79. The first kappa shape index (κ1) is 17.2. The number of ketones is 1. The molecule has 1 amide bonds. The number of aromatic amines is 1. The van der Waals surface area contributed by atoms with E-state index in [0.29, 0.717) is 24.3 Å². The standard InChI is InChI=1S/C20H20N4O3/c1-13-17(15-7-2-3-8-16(15)23-13)18(25)19(26)24-11-4-6-14(12-24)27-20-21-9-5-10-22-20/h2-3,5,7-10,14,23H,4,6,11-12H2,1H3. The third-order valence-electron chi connectivity index (χ3n) is 4.79. The minimum Gasteiger partial charge on any atom is -0.458 e. The molecule has 3 aromatic rings. The van der Waals surface area contributed by atoms with Gasteiger partial charge in [-0.3, -0.25) is 9.59 Å². The van der Waals surface area contributed by atoms with Crippen molar-refractivity contribution in [3.63, 3.8) is 0 Å². The second-order valence-corrected chi connectivity index (χ2v) is 6.66. The van der Waals surface area contributed by atoms with E-state index >= 15 is 0 Å². The van der Waals surface area contributed by atoms with Crippen LogP contribution in [-0.4, -0.2) is 50.7 Å². The van der Waals surface area contributed by atoms with Crippen molar-refractivity contribution in [2.45, 2.75) is 25.9 Å². The quantitative estimate of drug-likeness (QED) is 0.568. The van der Waals surface area contributed by atoms with Crippen LogP contribution in [-0.2, 0) is 4.79 Å². The normalized spacial score (nSPS) is 17.1. The summed E-state index contributed by atoms with van der Waals surface area (Å²) in [5, 5.41) is 0.774. The molecule has 1 saturated heterocycles. The second kappa shape index (κ2) is 7.19. The van der Waals surface area contributed by atoms with Crippen molar-refractivity contribution in [2.75, 3.05) is 13.1 Å². The number of nitrogens with one attached hydrogen (secondary N) is 1. The van der Waals surface area contributed by atoms with Crippen LogP contribution in [0.1, 0.15) is 28.9 Å². The minimum absolute atomic E-state index is 0.220. The maximum Gasteiger partial charge on any atom is 0.316 e. The van der Waals surface area contributed by atoms with Gasteiger partial charge in [0.25, 0.3) is 11.7 Å². The molecule has 4 rings (SSSR count). The van der Waals surface area contributed by atoms with E-state index in [4.69, 9.17) is 4.74 Å². The molecule has 7 heteroatoms. The van der Waals surface area contributed by atoms with Crippen molar-refractivity contribution in [3.8, 4) is 6.01 Å². The molecule has 0 radical (unpaired) electrons. The highest BCUT2D eigenvalue weighted by Gasteiger charge is 2.31. The van der Waals surface area contributed by atoms with Crippen LogP contribution in [0.15, 0.2) is 42.7 Å². The lowest BCUT2D eigenvalue weighted by atomic mass is 10.0. The molecule has 138 valence electrons. The number of ether oxygens (including phenoxy) is 1. The fourth-order valence-electron chi connectivity index (χ4n) is 3.53. The Balaban J connectivity index is 1.51. The van der Waals surface area contributed by atoms with Gasteiger partial charge >= 0.3 is 6.01 Å². The lowest BCUT2D eigenvalue weighted by Gasteiger charge is -2.31. The van der Waals surface area contributed by atoms with Crippen LogP contribution >= 0.6 is 0 Å². The summed E-state index contributed by atoms with van der Waals surface area (Å²) >= 11 is 0. The SMILES string of the molecule is Cc1[nH]c2ccccc2c1C(=O)C(=O)N1CCCC(Oc2ncccn2)C1. The molecule has 0 spiro atoms. The summed E-state index contributed by atoms with van der Waals surface area (Å²) in [6.07, 6.45) is 4.56. The Bertz CT molecular complexity index is 983. The predicted octanol–water partition coefficient (Wildman–Crippen LogP) is 2.52. The van der Waals surface area contributed by atoms with Gasteiger partial charge in [0.15, 0.2) is 0 Å². The molecule has 1 unspecified atom stereocenters. The number of likely N-dealkylation sites (tertiary alicyclic amines) is 1. The molecule has 1 aliphatic rings. The number of H-pyrrole nitrogens is 1. The van der Waals surface area contributed by atoms with Gasteiger partial charge in [-0.2, -0.15) is 0 Å². The van der Waals surface area contributed by atoms with Crippen molar-refractivity contribution >= 4 is 22.6 Å². The van der Waals surface area contributed by atoms with Gasteiger partial charge in [-0.15, -0.1) is 0 Å². The Morgan fingerprint density at radius 2 is 1.96 bits per heavy atom. The molecule has 0 aliphatic carbocycles. The molecule has 7 nitrogen and oxygen atoms in total. The number of carbonyl (C=O) groups excluding carboxylic acids is 2. The van der Waals surface area contributed by atoms with Crippen LogP contribution in [0.5, 0.6) is 6.01 Å². The topological polar surface area (TPSA) is 88.2 Å². The van der Waals surface area contributed by atoms with E-state index in [9.17, 15) is 9.59 Å². The second-order valence-electron chi connectivity index (χ2n) is 6.66. The lowest BCUT2D eigenvalue weighted by molar-refractivity contribution is -0.129. The average molecular weight is 364 g/mol. The number of benzene rings is 1. The summed E-state index contributed by atoms with van der Waals surface area (Å²) in [5.41, 5.74) is 2.01. The molecule has 1 N–H and O–H groups in total. The van der Waals surface area contributed by atoms with E-state index in [1.807, 2.05) is 31.2 Å². The van der Waals surface area contributed by atoms with Gasteiger partial charge in [0.05, 0.1) is 12.1 Å². The molecule has 0 bridgehead atoms. The van der Waals surface area contributed by atoms with Gasteiger partial charge in [0.1, 0.15) is 6.10 Å². The number of para-hydroxylation sites is 1. The van der Waals surface area contributed by atoms with Crippen LogP contribution in [0, 0.1) is 6.92 Å². The summed E-state index contributed by atoms with van der Waals surface area (Å²) in [6, 6.07) is 9.51. The third kappa shape index (κ3) is 3.40. The number of aromatic nitrogens is 3. The number of amides is 1. The molecule has 1 atom stereocenters. The first-order valence-corrected chi connectivity index (χ1v) is 8.98. The van der Waals surface area contributed by atoms with E-state index in [-0.39, 0.29) is 12.1 Å². The smallest absolute Gasteiger partial charge is 0.316 e. The summed E-state index contributed by atoms with van der Waals surface area (Å²) < 4.78 is 5.77. The molecule has 1 aliphatic heterocycles. The molecule has 1 fully saturated rings. The van der Waals surface area contributed by atoms with Crippen LogP contribution in [0.25, 0.3) is 10.9 Å². The number of carbonyl (C=O) groups is 2. The van der Waals surface area contributed by atoms with Gasteiger partial charge in [-0.05, 0) is 31.9 Å². The summed E-state index contributed by atoms with van der Waals surface area (Å²) in [4.78, 5) is 38.7. The van der Waals surface area contributed by atoms with Crippen molar-refractivity contribution in [1.29, 1.82) is 0 Å². The Morgan fingerprint density at radius 1 is 1.19 bits per heavy atom. The number of hydrogen-bond donors (Lipinski definition) is 1. The van der Waals surface area contributed by atoms with Gasteiger partial charge in [-0.1, -0.05) is 18.2 Å². The summed E-state index contributed by atoms with van der Waals surface area (Å²) in [5.74, 6) is -0.980. The van der Waals surface area contributed by atoms with Crippen LogP contribution < -0.4 is 4.74 Å². The number of piperidine rings is 1. The van der Waals surface area contributed by atoms with E-state index in [1.165, 1.54) is 0 Å². The monoisotopic (exact) mass is 364 g/mol. The van der Waals surface area contributed by atoms with E-state index < -0.39 is 11.7 Å². The Labute approximate surface area is 156 Å². The number of fused-ring (bicyclic) bond motifs is 1. The Hall–Kier alpha value is -3.22. The minimum atomic E-state index is -0.495. The Kier molecular flexibility index (Phi) is 4.58. The Morgan fingerprint density at radius 3 is 2.78 bits per heavy atom. The fourth-order valence-corrected chi connectivity index (χ4v) is 3.53. The summed E-state index contributed by atoms with van der Waals surface area (Å²) in [7, 11) is 0. The molecular weight excluding hydrogens is 344 g/mol. The number of Topliss-reactive ketones (excluding diaryl/α,β-unsaturated/α-hetero) is 1. The van der Waals surface area contributed by atoms with Gasteiger partial charge in [-0.25, -0.2) is 9.97 Å². The first-order chi connectivity index (χ1) is 13.1. The predicted molar refractivity (Wildman–Crippen MR) is 99.6 cm³/mol.